The zero-order valence-corrected chi connectivity index (χ0v) is 12.2. The number of hydrogen-bond donors (Lipinski definition) is 1. The van der Waals surface area contributed by atoms with Crippen molar-refractivity contribution in [2.24, 2.45) is 0 Å². The Balaban J connectivity index is 1.68. The second-order valence-corrected chi connectivity index (χ2v) is 5.31. The van der Waals surface area contributed by atoms with Gasteiger partial charge in [-0.1, -0.05) is 12.1 Å². The zero-order chi connectivity index (χ0) is 15.7. The molecule has 1 N–H and O–H groups in total. The van der Waals surface area contributed by atoms with E-state index in [9.17, 15) is 14.4 Å². The van der Waals surface area contributed by atoms with E-state index in [2.05, 4.69) is 5.32 Å². The predicted octanol–water partition coefficient (Wildman–Crippen LogP) is 0.520. The minimum Gasteiger partial charge on any atom is -0.497 e. The molecule has 116 valence electrons. The SMILES string of the molecule is COc1cccc([C@H]2CCN2C(=O)CN2C(=O)CNC2=O)c1. The molecule has 22 heavy (non-hydrogen) atoms. The summed E-state index contributed by atoms with van der Waals surface area (Å²) in [5.74, 6) is 0.159. The second kappa shape index (κ2) is 5.67. The number of carbonyl (C=O) groups is 3. The molecule has 0 radical (unpaired) electrons. The van der Waals surface area contributed by atoms with Crippen molar-refractivity contribution in [3.05, 3.63) is 29.8 Å². The Labute approximate surface area is 127 Å². The third-order valence-corrected chi connectivity index (χ3v) is 4.05. The molecule has 1 aromatic carbocycles. The number of amides is 4. The predicted molar refractivity (Wildman–Crippen MR) is 77.2 cm³/mol. The summed E-state index contributed by atoms with van der Waals surface area (Å²) in [6.45, 7) is 0.390. The average Bonchev–Trinajstić information content (AvgIpc) is 2.78. The van der Waals surface area contributed by atoms with E-state index in [1.54, 1.807) is 12.0 Å². The number of hydrogen-bond acceptors (Lipinski definition) is 4. The molecular weight excluding hydrogens is 286 g/mol. The van der Waals surface area contributed by atoms with Gasteiger partial charge in [0, 0.05) is 6.54 Å². The number of urea groups is 1. The van der Waals surface area contributed by atoms with Gasteiger partial charge in [0.2, 0.25) is 5.91 Å². The summed E-state index contributed by atoms with van der Waals surface area (Å²) < 4.78 is 5.20. The summed E-state index contributed by atoms with van der Waals surface area (Å²) in [6, 6.07) is 7.05. The van der Waals surface area contributed by atoms with Crippen LogP contribution < -0.4 is 10.1 Å². The summed E-state index contributed by atoms with van der Waals surface area (Å²) in [7, 11) is 1.60. The van der Waals surface area contributed by atoms with Crippen LogP contribution in [0, 0.1) is 0 Å². The number of nitrogens with one attached hydrogen (secondary N) is 1. The third kappa shape index (κ3) is 2.49. The molecule has 2 aliphatic heterocycles. The van der Waals surface area contributed by atoms with Crippen molar-refractivity contribution in [2.75, 3.05) is 26.7 Å². The maximum absolute atomic E-state index is 12.3. The first-order chi connectivity index (χ1) is 10.6. The molecule has 2 aliphatic rings. The Kier molecular flexibility index (Phi) is 3.70. The molecule has 1 aromatic rings. The summed E-state index contributed by atoms with van der Waals surface area (Å²) in [5.41, 5.74) is 0.996. The van der Waals surface area contributed by atoms with Crippen molar-refractivity contribution in [3.63, 3.8) is 0 Å². The zero-order valence-electron chi connectivity index (χ0n) is 12.2. The highest BCUT2D eigenvalue weighted by molar-refractivity contribution is 6.04. The highest BCUT2D eigenvalue weighted by Gasteiger charge is 2.37. The highest BCUT2D eigenvalue weighted by atomic mass is 16.5. The number of imide groups is 1. The number of methoxy groups -OCH3 is 1. The van der Waals surface area contributed by atoms with Gasteiger partial charge in [-0.3, -0.25) is 14.5 Å². The summed E-state index contributed by atoms with van der Waals surface area (Å²) in [4.78, 5) is 38.0. The lowest BCUT2D eigenvalue weighted by Gasteiger charge is -2.41. The molecule has 0 spiro atoms. The third-order valence-electron chi connectivity index (χ3n) is 4.05. The molecule has 7 heteroatoms. The lowest BCUT2D eigenvalue weighted by Crippen LogP contribution is -2.50. The molecule has 0 aromatic heterocycles. The van der Waals surface area contributed by atoms with Crippen LogP contribution in [0.2, 0.25) is 0 Å². The summed E-state index contributed by atoms with van der Waals surface area (Å²) in [6.07, 6.45) is 0.860. The standard InChI is InChI=1S/C15H17N3O4/c1-22-11-4-2-3-10(7-11)12-5-6-17(12)14(20)9-18-13(19)8-16-15(18)21/h2-4,7,12H,5-6,8-9H2,1H3,(H,16,21)/t12-/m1/s1. The monoisotopic (exact) mass is 303 g/mol. The fraction of sp³-hybridized carbons (Fsp3) is 0.400. The molecule has 1 atom stereocenters. The number of ether oxygens (including phenoxy) is 1. The molecule has 0 saturated carbocycles. The Morgan fingerprint density at radius 2 is 2.23 bits per heavy atom. The topological polar surface area (TPSA) is 79.0 Å². The molecule has 0 aliphatic carbocycles. The minimum absolute atomic E-state index is 0.0247. The van der Waals surface area contributed by atoms with Crippen molar-refractivity contribution in [2.45, 2.75) is 12.5 Å². The van der Waals surface area contributed by atoms with Crippen LogP contribution in [0.1, 0.15) is 18.0 Å². The molecule has 2 fully saturated rings. The van der Waals surface area contributed by atoms with Crippen LogP contribution in [-0.4, -0.2) is 54.4 Å². The first kappa shape index (κ1) is 14.4. The van der Waals surface area contributed by atoms with E-state index < -0.39 is 6.03 Å². The van der Waals surface area contributed by atoms with Crippen LogP contribution >= 0.6 is 0 Å². The van der Waals surface area contributed by atoms with Gasteiger partial charge in [-0.05, 0) is 24.1 Å². The van der Waals surface area contributed by atoms with E-state index >= 15 is 0 Å². The van der Waals surface area contributed by atoms with Crippen LogP contribution in [0.3, 0.4) is 0 Å². The van der Waals surface area contributed by atoms with Crippen molar-refractivity contribution in [1.82, 2.24) is 15.1 Å². The van der Waals surface area contributed by atoms with Gasteiger partial charge in [-0.2, -0.15) is 0 Å². The largest absolute Gasteiger partial charge is 0.497 e. The van der Waals surface area contributed by atoms with Crippen molar-refractivity contribution >= 4 is 17.8 Å². The molecular formula is C15H17N3O4. The van der Waals surface area contributed by atoms with Crippen LogP contribution in [0.25, 0.3) is 0 Å². The van der Waals surface area contributed by atoms with Crippen LogP contribution in [0.15, 0.2) is 24.3 Å². The van der Waals surface area contributed by atoms with Crippen LogP contribution in [0.4, 0.5) is 4.79 Å². The van der Waals surface area contributed by atoms with Gasteiger partial charge in [-0.25, -0.2) is 4.79 Å². The average molecular weight is 303 g/mol. The van der Waals surface area contributed by atoms with Gasteiger partial charge >= 0.3 is 6.03 Å². The summed E-state index contributed by atoms with van der Waals surface area (Å²) >= 11 is 0. The fourth-order valence-corrected chi connectivity index (χ4v) is 2.72. The Hall–Kier alpha value is -2.57. The van der Waals surface area contributed by atoms with E-state index in [1.807, 2.05) is 24.3 Å². The quantitative estimate of drug-likeness (QED) is 0.823. The van der Waals surface area contributed by atoms with Crippen LogP contribution in [0.5, 0.6) is 5.75 Å². The number of rotatable bonds is 4. The van der Waals surface area contributed by atoms with Gasteiger partial charge in [0.1, 0.15) is 12.3 Å². The molecule has 0 unspecified atom stereocenters. The van der Waals surface area contributed by atoms with Gasteiger partial charge in [0.15, 0.2) is 0 Å². The first-order valence-electron chi connectivity index (χ1n) is 7.12. The van der Waals surface area contributed by atoms with Crippen molar-refractivity contribution in [1.29, 1.82) is 0 Å². The van der Waals surface area contributed by atoms with Crippen molar-refractivity contribution in [3.8, 4) is 5.75 Å². The maximum Gasteiger partial charge on any atom is 0.325 e. The smallest absolute Gasteiger partial charge is 0.325 e. The molecule has 3 rings (SSSR count). The van der Waals surface area contributed by atoms with E-state index in [4.69, 9.17) is 4.74 Å². The molecule has 7 nitrogen and oxygen atoms in total. The van der Waals surface area contributed by atoms with Gasteiger partial charge in [0.25, 0.3) is 5.91 Å². The lowest BCUT2D eigenvalue weighted by molar-refractivity contribution is -0.142. The van der Waals surface area contributed by atoms with E-state index in [0.717, 1.165) is 22.6 Å². The number of likely N-dealkylation sites (tertiary alicyclic amines) is 1. The number of nitrogens with zero attached hydrogens (tertiary/aromatic N) is 2. The Bertz CT molecular complexity index is 615. The molecule has 2 saturated heterocycles. The van der Waals surface area contributed by atoms with E-state index in [-0.39, 0.29) is 30.9 Å². The van der Waals surface area contributed by atoms with Crippen molar-refractivity contribution < 1.29 is 19.1 Å². The maximum atomic E-state index is 12.3. The first-order valence-corrected chi connectivity index (χ1v) is 7.12. The van der Waals surface area contributed by atoms with Gasteiger partial charge in [0.05, 0.1) is 19.7 Å². The highest BCUT2D eigenvalue weighted by Crippen LogP contribution is 2.34. The molecule has 0 bridgehead atoms. The minimum atomic E-state index is -0.503. The summed E-state index contributed by atoms with van der Waals surface area (Å²) in [5, 5.41) is 2.41. The lowest BCUT2D eigenvalue weighted by atomic mass is 9.94. The normalized spacial score (nSPS) is 20.7. The molecule has 4 amide bonds. The Morgan fingerprint density at radius 3 is 2.82 bits per heavy atom. The Morgan fingerprint density at radius 1 is 1.41 bits per heavy atom. The molecule has 2 heterocycles. The van der Waals surface area contributed by atoms with E-state index in [1.165, 1.54) is 0 Å². The van der Waals surface area contributed by atoms with Gasteiger partial charge in [-0.15, -0.1) is 0 Å². The fourth-order valence-electron chi connectivity index (χ4n) is 2.72. The van der Waals surface area contributed by atoms with Crippen LogP contribution in [-0.2, 0) is 9.59 Å². The second-order valence-electron chi connectivity index (χ2n) is 5.31. The number of carbonyl (C=O) groups excluding carboxylic acids is 3. The van der Waals surface area contributed by atoms with Gasteiger partial charge < -0.3 is 15.0 Å². The number of benzene rings is 1. The van der Waals surface area contributed by atoms with E-state index in [0.29, 0.717) is 6.54 Å².